The molecule has 0 aromatic carbocycles. The second-order valence-corrected chi connectivity index (χ2v) is 43.1. The molecule has 96 heavy (non-hydrogen) atoms. The molecule has 0 amide bonds. The molecule has 0 bridgehead atoms. The summed E-state index contributed by atoms with van der Waals surface area (Å²) in [6, 6.07) is 0. The van der Waals surface area contributed by atoms with Crippen molar-refractivity contribution in [1.29, 1.82) is 0 Å². The van der Waals surface area contributed by atoms with E-state index >= 15 is 0 Å². The number of hydrogen-bond donors (Lipinski definition) is 0. The molecule has 0 N–H and O–H groups in total. The standard InChI is InChI=1S/3C22H40O4.2C8H17.2Sn/c3*1-2-3-4-5-6-7-8-9-10-11-12-13-14-15-16-17-18-20(22(25)26)19-21(23)24;2*1-3-5-7-8-6-4-2;;/h3*19H,2-18H2,1H3,(H,23,24)(H,25,26);2*1,3-8H2,2H3;;/q;;;;;2*+3/p-6/b20-19-;;;;;;. The summed E-state index contributed by atoms with van der Waals surface area (Å²) in [5.41, 5.74) is 0.440. The van der Waals surface area contributed by atoms with E-state index in [9.17, 15) is 28.8 Å². The summed E-state index contributed by atoms with van der Waals surface area (Å²) in [5.74, 6) is -4.70. The number of rotatable bonds is 69. The zero-order valence-electron chi connectivity index (χ0n) is 63.1. The molecule has 2 rings (SSSR count). The molecule has 12 nitrogen and oxygen atoms in total. The fraction of sp³-hybridized carbons (Fsp3) is 0.854. The molecule has 2 atom stereocenters. The van der Waals surface area contributed by atoms with Crippen LogP contribution in [0.3, 0.4) is 0 Å². The minimum atomic E-state index is -5.45. The molecule has 0 saturated heterocycles. The average molecular weight is 1560 g/mol. The Balaban J connectivity index is 2.24. The molecule has 0 aromatic rings. The van der Waals surface area contributed by atoms with Gasteiger partial charge in [0.1, 0.15) is 0 Å². The van der Waals surface area contributed by atoms with Crippen LogP contribution in [0.25, 0.3) is 0 Å². The van der Waals surface area contributed by atoms with Gasteiger partial charge in [-0.1, -0.05) is 175 Å². The molecule has 0 aliphatic carbocycles. The van der Waals surface area contributed by atoms with Crippen molar-refractivity contribution in [2.75, 3.05) is 0 Å². The van der Waals surface area contributed by atoms with E-state index in [4.69, 9.17) is 18.4 Å². The van der Waals surface area contributed by atoms with Gasteiger partial charge in [-0.05, 0) is 0 Å². The van der Waals surface area contributed by atoms with Crippen LogP contribution in [0.2, 0.25) is 8.87 Å². The van der Waals surface area contributed by atoms with Gasteiger partial charge in [-0.3, -0.25) is 0 Å². The second kappa shape index (κ2) is 63.6. The summed E-state index contributed by atoms with van der Waals surface area (Å²) < 4.78 is 37.5. The summed E-state index contributed by atoms with van der Waals surface area (Å²) in [4.78, 5) is 85.4. The Morgan fingerprint density at radius 1 is 0.302 bits per heavy atom. The van der Waals surface area contributed by atoms with Crippen molar-refractivity contribution in [2.24, 2.45) is 0 Å². The zero-order chi connectivity index (χ0) is 69.5. The number of unbranched alkanes of at least 4 members (excludes halogenated alkanes) is 55. The molecule has 0 aromatic heterocycles. The van der Waals surface area contributed by atoms with Gasteiger partial charge in [-0.15, -0.1) is 0 Å². The molecule has 0 spiro atoms. The Kier molecular flexibility index (Phi) is 59.4. The average Bonchev–Trinajstić information content (AvgIpc) is 1.58. The van der Waals surface area contributed by atoms with Crippen molar-refractivity contribution < 1.29 is 47.2 Å². The predicted molar refractivity (Wildman–Crippen MR) is 401 cm³/mol. The Morgan fingerprint density at radius 3 is 0.802 bits per heavy atom. The Bertz CT molecular complexity index is 2070. The minimum absolute atomic E-state index is 0.0170. The molecule has 2 aliphatic heterocycles. The van der Waals surface area contributed by atoms with Crippen molar-refractivity contribution >= 4 is 75.1 Å². The SMILES string of the molecule is CCCCCCCCCCCCCCCCCCC1=CC(=O)[O][Sn]([CH2]CCCCCCC)([O]C(=O)/C=C(/CCCCCCCCCCCCCCCCCC)C(=O)[O][Sn]2([CH2]CCCCCCC)[O]C(=O)C=C(CCCCCCCCCCCCCCCCCC)C(=O)[O]2)[O]C1=O. The monoisotopic (exact) mass is 1560 g/mol. The summed E-state index contributed by atoms with van der Waals surface area (Å²) in [7, 11) is 0. The van der Waals surface area contributed by atoms with Gasteiger partial charge in [-0.2, -0.15) is 0 Å². The van der Waals surface area contributed by atoms with Gasteiger partial charge in [-0.25, -0.2) is 0 Å². The molecule has 0 fully saturated rings. The predicted octanol–water partition coefficient (Wildman–Crippen LogP) is 25.6. The number of carbonyl (C=O) groups excluding carboxylic acids is 6. The zero-order valence-corrected chi connectivity index (χ0v) is 68.8. The van der Waals surface area contributed by atoms with Crippen molar-refractivity contribution in [3.8, 4) is 0 Å². The van der Waals surface area contributed by atoms with Crippen LogP contribution in [0.15, 0.2) is 34.9 Å². The third-order valence-electron chi connectivity index (χ3n) is 19.7. The molecule has 2 unspecified atom stereocenters. The first kappa shape index (κ1) is 89.7. The number of hydrogen-bond acceptors (Lipinski definition) is 12. The molecule has 0 saturated carbocycles. The van der Waals surface area contributed by atoms with Crippen LogP contribution in [0.4, 0.5) is 0 Å². The van der Waals surface area contributed by atoms with Crippen LogP contribution >= 0.6 is 0 Å². The Labute approximate surface area is 600 Å². The topological polar surface area (TPSA) is 158 Å². The van der Waals surface area contributed by atoms with Crippen LogP contribution in [0, 0.1) is 0 Å². The number of carbonyl (C=O) groups is 6. The molecule has 2 heterocycles. The van der Waals surface area contributed by atoms with E-state index in [2.05, 4.69) is 34.6 Å². The summed E-state index contributed by atoms with van der Waals surface area (Å²) in [6.45, 7) is 11.1. The van der Waals surface area contributed by atoms with Gasteiger partial charge in [0.2, 0.25) is 0 Å². The van der Waals surface area contributed by atoms with Gasteiger partial charge in [0, 0.05) is 0 Å². The fourth-order valence-corrected chi connectivity index (χ4v) is 26.6. The molecular formula is C82H148O12Sn2. The first-order chi connectivity index (χ1) is 47.0. The summed E-state index contributed by atoms with van der Waals surface area (Å²) >= 11 is -10.9. The third kappa shape index (κ3) is 49.2. The van der Waals surface area contributed by atoms with E-state index in [-0.39, 0.29) is 32.0 Å². The second-order valence-electron chi connectivity index (χ2n) is 29.0. The van der Waals surface area contributed by atoms with Crippen LogP contribution in [0.1, 0.15) is 439 Å². The van der Waals surface area contributed by atoms with E-state index in [1.807, 2.05) is 0 Å². The molecule has 2 aliphatic rings. The van der Waals surface area contributed by atoms with E-state index < -0.39 is 75.1 Å². The van der Waals surface area contributed by atoms with Crippen molar-refractivity contribution in [1.82, 2.24) is 0 Å². The van der Waals surface area contributed by atoms with Gasteiger partial charge in [0.25, 0.3) is 0 Å². The molecule has 556 valence electrons. The van der Waals surface area contributed by atoms with Gasteiger partial charge in [0.05, 0.1) is 0 Å². The van der Waals surface area contributed by atoms with E-state index in [0.29, 0.717) is 44.9 Å². The first-order valence-corrected chi connectivity index (χ1v) is 52.5. The third-order valence-corrected chi connectivity index (χ3v) is 33.9. The van der Waals surface area contributed by atoms with Crippen LogP contribution in [-0.2, 0) is 47.2 Å². The van der Waals surface area contributed by atoms with Gasteiger partial charge < -0.3 is 0 Å². The normalized spacial score (nSPS) is 16.7. The Hall–Kier alpha value is -2.36. The van der Waals surface area contributed by atoms with Crippen molar-refractivity contribution in [3.63, 3.8) is 0 Å². The van der Waals surface area contributed by atoms with Crippen LogP contribution < -0.4 is 0 Å². The van der Waals surface area contributed by atoms with Gasteiger partial charge >= 0.3 is 430 Å². The first-order valence-electron chi connectivity index (χ1n) is 41.5. The molecule has 0 radical (unpaired) electrons. The van der Waals surface area contributed by atoms with Crippen LogP contribution in [0.5, 0.6) is 0 Å². The fourth-order valence-electron chi connectivity index (χ4n) is 13.6. The van der Waals surface area contributed by atoms with E-state index in [0.717, 1.165) is 134 Å². The Morgan fingerprint density at radius 2 is 0.531 bits per heavy atom. The van der Waals surface area contributed by atoms with E-state index in [1.165, 1.54) is 237 Å². The van der Waals surface area contributed by atoms with Crippen molar-refractivity contribution in [2.45, 2.75) is 448 Å². The molecule has 14 heteroatoms. The molecular weight excluding hydrogens is 1410 g/mol. The summed E-state index contributed by atoms with van der Waals surface area (Å²) in [6.07, 6.45) is 73.5. The van der Waals surface area contributed by atoms with Crippen molar-refractivity contribution in [3.05, 3.63) is 34.9 Å². The summed E-state index contributed by atoms with van der Waals surface area (Å²) in [5, 5.41) is 0. The van der Waals surface area contributed by atoms with E-state index in [1.54, 1.807) is 0 Å². The maximum absolute atomic E-state index is 14.9. The van der Waals surface area contributed by atoms with Crippen LogP contribution in [-0.4, -0.2) is 75.1 Å². The van der Waals surface area contributed by atoms with Gasteiger partial charge in [0.15, 0.2) is 0 Å². The maximum atomic E-state index is 14.9. The quantitative estimate of drug-likeness (QED) is 0.0323.